The monoisotopic (exact) mass is 280 g/mol. The third-order valence-corrected chi connectivity index (χ3v) is 3.00. The number of aliphatic hydroxyl groups excluding tert-OH is 1. The summed E-state index contributed by atoms with van der Waals surface area (Å²) in [5, 5.41) is 9.35. The molecule has 0 aliphatic rings. The summed E-state index contributed by atoms with van der Waals surface area (Å²) in [4.78, 5) is 4.28. The van der Waals surface area contributed by atoms with Crippen LogP contribution in [0.4, 0.5) is 0 Å². The van der Waals surface area contributed by atoms with Crippen molar-refractivity contribution in [3.63, 3.8) is 0 Å². The molecule has 1 aromatic carbocycles. The lowest BCUT2D eigenvalue weighted by molar-refractivity contribution is 0.281. The maximum atomic E-state index is 9.35. The standard InChI is InChI=1S/C12H13BrN2O/c1-2-12-14-5-6-15(12)11-4-3-10(13)7-9(11)8-16/h3-7,16H,2,8H2,1H3. The Morgan fingerprint density at radius 3 is 2.94 bits per heavy atom. The summed E-state index contributed by atoms with van der Waals surface area (Å²) in [5.74, 6) is 0.997. The summed E-state index contributed by atoms with van der Waals surface area (Å²) < 4.78 is 2.98. The highest BCUT2D eigenvalue weighted by Gasteiger charge is 2.07. The van der Waals surface area contributed by atoms with Crippen molar-refractivity contribution in [2.75, 3.05) is 0 Å². The van der Waals surface area contributed by atoms with Crippen LogP contribution in [0, 0.1) is 0 Å². The molecule has 0 amide bonds. The maximum Gasteiger partial charge on any atom is 0.112 e. The second-order valence-corrected chi connectivity index (χ2v) is 4.41. The van der Waals surface area contributed by atoms with E-state index in [4.69, 9.17) is 0 Å². The summed E-state index contributed by atoms with van der Waals surface area (Å²) >= 11 is 3.40. The van der Waals surface area contributed by atoms with Gasteiger partial charge in [-0.1, -0.05) is 22.9 Å². The van der Waals surface area contributed by atoms with Crippen LogP contribution in [0.3, 0.4) is 0 Å². The molecule has 3 nitrogen and oxygen atoms in total. The Hall–Kier alpha value is -1.13. The number of hydrogen-bond donors (Lipinski definition) is 1. The number of halogens is 1. The van der Waals surface area contributed by atoms with Gasteiger partial charge < -0.3 is 9.67 Å². The molecule has 0 aliphatic heterocycles. The average Bonchev–Trinajstić information content (AvgIpc) is 2.76. The van der Waals surface area contributed by atoms with Crippen molar-refractivity contribution in [3.8, 4) is 5.69 Å². The molecule has 0 saturated heterocycles. The zero-order valence-electron chi connectivity index (χ0n) is 9.02. The Morgan fingerprint density at radius 2 is 2.25 bits per heavy atom. The first-order valence-corrected chi connectivity index (χ1v) is 5.97. The Bertz CT molecular complexity index is 494. The predicted molar refractivity (Wildman–Crippen MR) is 66.6 cm³/mol. The van der Waals surface area contributed by atoms with Gasteiger partial charge in [0.1, 0.15) is 5.82 Å². The van der Waals surface area contributed by atoms with Gasteiger partial charge in [0.2, 0.25) is 0 Å². The minimum absolute atomic E-state index is 0.0239. The average molecular weight is 281 g/mol. The molecule has 1 N–H and O–H groups in total. The second kappa shape index (κ2) is 4.80. The van der Waals surface area contributed by atoms with Gasteiger partial charge >= 0.3 is 0 Å². The van der Waals surface area contributed by atoms with Crippen molar-refractivity contribution >= 4 is 15.9 Å². The molecular formula is C12H13BrN2O. The van der Waals surface area contributed by atoms with Gasteiger partial charge in [-0.2, -0.15) is 0 Å². The molecule has 2 aromatic rings. The summed E-state index contributed by atoms with van der Waals surface area (Å²) in [6, 6.07) is 5.87. The molecule has 4 heteroatoms. The number of benzene rings is 1. The van der Waals surface area contributed by atoms with Crippen LogP contribution in [0.15, 0.2) is 35.1 Å². The highest BCUT2D eigenvalue weighted by Crippen LogP contribution is 2.21. The van der Waals surface area contributed by atoms with Gasteiger partial charge in [-0.15, -0.1) is 0 Å². The lowest BCUT2D eigenvalue weighted by Gasteiger charge is -2.11. The fraction of sp³-hybridized carbons (Fsp3) is 0.250. The molecule has 16 heavy (non-hydrogen) atoms. The number of aliphatic hydroxyl groups is 1. The van der Waals surface area contributed by atoms with Crippen LogP contribution < -0.4 is 0 Å². The predicted octanol–water partition coefficient (Wildman–Crippen LogP) is 2.69. The van der Waals surface area contributed by atoms with Gasteiger partial charge in [0.05, 0.1) is 12.3 Å². The van der Waals surface area contributed by atoms with E-state index in [0.717, 1.165) is 28.0 Å². The summed E-state index contributed by atoms with van der Waals surface area (Å²) in [6.07, 6.45) is 4.57. The van der Waals surface area contributed by atoms with Gasteiger partial charge in [0, 0.05) is 28.9 Å². The van der Waals surface area contributed by atoms with Crippen molar-refractivity contribution in [1.82, 2.24) is 9.55 Å². The molecule has 0 radical (unpaired) electrons. The van der Waals surface area contributed by atoms with Gasteiger partial charge in [0.25, 0.3) is 0 Å². The molecule has 0 unspecified atom stereocenters. The van der Waals surface area contributed by atoms with E-state index in [1.165, 1.54) is 0 Å². The molecule has 0 saturated carbocycles. The van der Waals surface area contributed by atoms with Gasteiger partial charge in [-0.05, 0) is 18.2 Å². The van der Waals surface area contributed by atoms with Crippen molar-refractivity contribution < 1.29 is 5.11 Å². The van der Waals surface area contributed by atoms with E-state index in [-0.39, 0.29) is 6.61 Å². The molecule has 0 bridgehead atoms. The highest BCUT2D eigenvalue weighted by atomic mass is 79.9. The van der Waals surface area contributed by atoms with E-state index < -0.39 is 0 Å². The number of hydrogen-bond acceptors (Lipinski definition) is 2. The van der Waals surface area contributed by atoms with Crippen LogP contribution in [-0.4, -0.2) is 14.7 Å². The minimum Gasteiger partial charge on any atom is -0.392 e. The maximum absolute atomic E-state index is 9.35. The van der Waals surface area contributed by atoms with Crippen molar-refractivity contribution in [1.29, 1.82) is 0 Å². The van der Waals surface area contributed by atoms with Gasteiger partial charge in [0.15, 0.2) is 0 Å². The van der Waals surface area contributed by atoms with Crippen molar-refractivity contribution in [2.45, 2.75) is 20.0 Å². The molecule has 0 spiro atoms. The van der Waals surface area contributed by atoms with E-state index in [1.807, 2.05) is 29.0 Å². The molecule has 84 valence electrons. The molecule has 0 fully saturated rings. The quantitative estimate of drug-likeness (QED) is 0.939. The van der Waals surface area contributed by atoms with Crippen LogP contribution >= 0.6 is 15.9 Å². The second-order valence-electron chi connectivity index (χ2n) is 3.50. The Morgan fingerprint density at radius 1 is 1.44 bits per heavy atom. The summed E-state index contributed by atoms with van der Waals surface area (Å²) in [7, 11) is 0. The Labute approximate surface area is 103 Å². The van der Waals surface area contributed by atoms with E-state index in [9.17, 15) is 5.11 Å². The number of imidazole rings is 1. The number of aryl methyl sites for hydroxylation is 1. The number of nitrogens with zero attached hydrogens (tertiary/aromatic N) is 2. The topological polar surface area (TPSA) is 38.0 Å². The van der Waals surface area contributed by atoms with Crippen LogP contribution in [0.5, 0.6) is 0 Å². The Balaban J connectivity index is 2.55. The minimum atomic E-state index is 0.0239. The third kappa shape index (κ3) is 2.03. The fourth-order valence-corrected chi connectivity index (χ4v) is 2.14. The Kier molecular flexibility index (Phi) is 3.41. The fourth-order valence-electron chi connectivity index (χ4n) is 1.73. The van der Waals surface area contributed by atoms with Crippen LogP contribution in [0.1, 0.15) is 18.3 Å². The first kappa shape index (κ1) is 11.4. The molecule has 1 heterocycles. The van der Waals surface area contributed by atoms with E-state index >= 15 is 0 Å². The first-order chi connectivity index (χ1) is 7.76. The van der Waals surface area contributed by atoms with Crippen LogP contribution in [-0.2, 0) is 13.0 Å². The number of rotatable bonds is 3. The molecule has 1 aromatic heterocycles. The van der Waals surface area contributed by atoms with E-state index in [0.29, 0.717) is 0 Å². The van der Waals surface area contributed by atoms with Crippen LogP contribution in [0.2, 0.25) is 0 Å². The SMILES string of the molecule is CCc1nccn1-c1ccc(Br)cc1CO. The van der Waals surface area contributed by atoms with Crippen molar-refractivity contribution in [2.24, 2.45) is 0 Å². The zero-order chi connectivity index (χ0) is 11.5. The normalized spacial score (nSPS) is 10.7. The van der Waals surface area contributed by atoms with E-state index in [1.54, 1.807) is 6.20 Å². The van der Waals surface area contributed by atoms with E-state index in [2.05, 4.69) is 27.8 Å². The largest absolute Gasteiger partial charge is 0.392 e. The zero-order valence-corrected chi connectivity index (χ0v) is 10.6. The lowest BCUT2D eigenvalue weighted by Crippen LogP contribution is -2.03. The first-order valence-electron chi connectivity index (χ1n) is 5.18. The summed E-state index contributed by atoms with van der Waals surface area (Å²) in [6.45, 7) is 2.09. The van der Waals surface area contributed by atoms with Gasteiger partial charge in [-0.3, -0.25) is 0 Å². The van der Waals surface area contributed by atoms with Crippen molar-refractivity contribution in [3.05, 3.63) is 46.5 Å². The molecule has 0 aliphatic carbocycles. The van der Waals surface area contributed by atoms with Crippen LogP contribution in [0.25, 0.3) is 5.69 Å². The molecule has 0 atom stereocenters. The molecular weight excluding hydrogens is 268 g/mol. The third-order valence-electron chi connectivity index (χ3n) is 2.51. The molecule has 2 rings (SSSR count). The number of aromatic nitrogens is 2. The van der Waals surface area contributed by atoms with Gasteiger partial charge in [-0.25, -0.2) is 4.98 Å². The summed E-state index contributed by atoms with van der Waals surface area (Å²) in [5.41, 5.74) is 1.88. The smallest absolute Gasteiger partial charge is 0.112 e. The lowest BCUT2D eigenvalue weighted by atomic mass is 10.2. The highest BCUT2D eigenvalue weighted by molar-refractivity contribution is 9.10.